The minimum Gasteiger partial charge on any atom is -0.454 e. The van der Waals surface area contributed by atoms with Gasteiger partial charge in [-0.05, 0) is 43.3 Å². The van der Waals surface area contributed by atoms with Gasteiger partial charge < -0.3 is 10.1 Å². The minimum absolute atomic E-state index is 0.0905. The molecule has 2 aromatic rings. The van der Waals surface area contributed by atoms with Crippen molar-refractivity contribution in [2.45, 2.75) is 31.8 Å². The van der Waals surface area contributed by atoms with Crippen molar-refractivity contribution < 1.29 is 19.1 Å². The van der Waals surface area contributed by atoms with E-state index in [9.17, 15) is 14.4 Å². The van der Waals surface area contributed by atoms with Crippen molar-refractivity contribution in [3.05, 3.63) is 60.2 Å². The number of ether oxygens (including phenoxy) is 1. The number of benzene rings is 2. The second-order valence-corrected chi connectivity index (χ2v) is 7.37. The lowest BCUT2D eigenvalue weighted by Crippen LogP contribution is -2.25. The first-order valence-electron chi connectivity index (χ1n) is 8.69. The fraction of sp³-hybridized carbons (Fsp3) is 0.286. The van der Waals surface area contributed by atoms with Gasteiger partial charge in [-0.15, -0.1) is 11.8 Å². The van der Waals surface area contributed by atoms with E-state index in [1.165, 1.54) is 11.8 Å². The highest BCUT2D eigenvalue weighted by Crippen LogP contribution is 2.18. The summed E-state index contributed by atoms with van der Waals surface area (Å²) in [4.78, 5) is 37.0. The van der Waals surface area contributed by atoms with Crippen LogP contribution < -0.4 is 5.32 Å². The summed E-state index contributed by atoms with van der Waals surface area (Å²) in [5.74, 6) is -0.797. The fourth-order valence-electron chi connectivity index (χ4n) is 2.18. The van der Waals surface area contributed by atoms with E-state index in [-0.39, 0.29) is 23.4 Å². The molecule has 0 radical (unpaired) electrons. The quantitative estimate of drug-likeness (QED) is 0.419. The number of nitrogens with one attached hydrogen (secondary N) is 1. The van der Waals surface area contributed by atoms with Crippen molar-refractivity contribution in [3.63, 3.8) is 0 Å². The molecule has 1 N–H and O–H groups in total. The first kappa shape index (κ1) is 20.7. The molecule has 0 aliphatic rings. The van der Waals surface area contributed by atoms with E-state index in [1.807, 2.05) is 30.3 Å². The van der Waals surface area contributed by atoms with Crippen LogP contribution in [0, 0.1) is 5.92 Å². The predicted molar refractivity (Wildman–Crippen MR) is 107 cm³/mol. The van der Waals surface area contributed by atoms with Gasteiger partial charge in [0.05, 0.1) is 5.75 Å². The third-order valence-corrected chi connectivity index (χ3v) is 4.72. The summed E-state index contributed by atoms with van der Waals surface area (Å²) in [6.45, 7) is 5.17. The van der Waals surface area contributed by atoms with Crippen molar-refractivity contribution in [3.8, 4) is 0 Å². The van der Waals surface area contributed by atoms with E-state index in [4.69, 9.17) is 4.74 Å². The highest BCUT2D eigenvalue weighted by atomic mass is 32.2. The van der Waals surface area contributed by atoms with Gasteiger partial charge in [-0.1, -0.05) is 32.0 Å². The molecule has 0 aromatic heterocycles. The largest absolute Gasteiger partial charge is 0.454 e. The van der Waals surface area contributed by atoms with E-state index < -0.39 is 12.1 Å². The van der Waals surface area contributed by atoms with Crippen LogP contribution >= 0.6 is 11.8 Å². The molecule has 27 heavy (non-hydrogen) atoms. The average Bonchev–Trinajstić information content (AvgIpc) is 2.67. The molecule has 1 unspecified atom stereocenters. The molecule has 0 saturated heterocycles. The van der Waals surface area contributed by atoms with Gasteiger partial charge in [0.15, 0.2) is 6.10 Å². The third kappa shape index (κ3) is 6.57. The summed E-state index contributed by atoms with van der Waals surface area (Å²) < 4.78 is 5.24. The molecule has 2 aromatic carbocycles. The molecule has 0 heterocycles. The summed E-state index contributed by atoms with van der Waals surface area (Å²) in [6.07, 6.45) is -0.870. The lowest BCUT2D eigenvalue weighted by Gasteiger charge is -2.13. The molecule has 0 saturated carbocycles. The number of Topliss-reactive ketones (excluding diaryl/α,β-unsaturated/α-hetero) is 1. The molecule has 142 valence electrons. The lowest BCUT2D eigenvalue weighted by molar-refractivity contribution is -0.143. The molecule has 0 aliphatic heterocycles. The van der Waals surface area contributed by atoms with E-state index >= 15 is 0 Å². The number of thioether (sulfide) groups is 1. The summed E-state index contributed by atoms with van der Waals surface area (Å²) >= 11 is 1.36. The van der Waals surface area contributed by atoms with Crippen LogP contribution in [0.2, 0.25) is 0 Å². The second-order valence-electron chi connectivity index (χ2n) is 6.32. The second kappa shape index (κ2) is 9.92. The number of hydrogen-bond acceptors (Lipinski definition) is 5. The summed E-state index contributed by atoms with van der Waals surface area (Å²) in [6, 6.07) is 16.1. The van der Waals surface area contributed by atoms with Crippen molar-refractivity contribution in [2.24, 2.45) is 5.92 Å². The number of anilines is 1. The fourth-order valence-corrected chi connectivity index (χ4v) is 2.88. The zero-order chi connectivity index (χ0) is 19.8. The maximum absolute atomic E-state index is 12.4. The maximum atomic E-state index is 12.4. The lowest BCUT2D eigenvalue weighted by atomic mass is 10.1. The van der Waals surface area contributed by atoms with Crippen LogP contribution in [0.1, 0.15) is 31.1 Å². The van der Waals surface area contributed by atoms with Gasteiger partial charge in [0.2, 0.25) is 11.7 Å². The minimum atomic E-state index is -0.870. The van der Waals surface area contributed by atoms with E-state index in [0.717, 1.165) is 4.90 Å². The van der Waals surface area contributed by atoms with Crippen LogP contribution in [0.25, 0.3) is 0 Å². The van der Waals surface area contributed by atoms with Gasteiger partial charge in [-0.2, -0.15) is 0 Å². The zero-order valence-electron chi connectivity index (χ0n) is 15.6. The summed E-state index contributed by atoms with van der Waals surface area (Å²) in [5, 5.41) is 2.76. The Labute approximate surface area is 163 Å². The van der Waals surface area contributed by atoms with Gasteiger partial charge in [-0.3, -0.25) is 14.4 Å². The molecule has 0 aliphatic carbocycles. The average molecular weight is 385 g/mol. The van der Waals surface area contributed by atoms with Crippen molar-refractivity contribution in [2.75, 3.05) is 11.1 Å². The Hall–Kier alpha value is -2.60. The van der Waals surface area contributed by atoms with Crippen LogP contribution in [-0.4, -0.2) is 29.5 Å². The topological polar surface area (TPSA) is 72.5 Å². The molecule has 6 heteroatoms. The van der Waals surface area contributed by atoms with Gasteiger partial charge >= 0.3 is 5.97 Å². The molecule has 0 fully saturated rings. The molecule has 1 amide bonds. The molecular formula is C21H23NO4S. The van der Waals surface area contributed by atoms with Crippen LogP contribution in [0.5, 0.6) is 0 Å². The smallest absolute Gasteiger partial charge is 0.316 e. The Morgan fingerprint density at radius 3 is 2.19 bits per heavy atom. The van der Waals surface area contributed by atoms with Crippen molar-refractivity contribution in [1.82, 2.24) is 0 Å². The first-order valence-corrected chi connectivity index (χ1v) is 9.68. The normalized spacial score (nSPS) is 11.7. The van der Waals surface area contributed by atoms with Crippen LogP contribution in [0.3, 0.4) is 0 Å². The molecule has 1 atom stereocenters. The van der Waals surface area contributed by atoms with E-state index in [1.54, 1.807) is 45.0 Å². The van der Waals surface area contributed by atoms with Crippen LogP contribution in [0.15, 0.2) is 59.5 Å². The predicted octanol–water partition coefficient (Wildman–Crippen LogP) is 4.19. The van der Waals surface area contributed by atoms with E-state index in [0.29, 0.717) is 11.3 Å². The monoisotopic (exact) mass is 385 g/mol. The molecule has 0 spiro atoms. The SMILES string of the molecule is CC(C)C(=O)Nc1ccc(C(=O)C(C)OC(=O)CSc2ccccc2)cc1. The Balaban J connectivity index is 1.86. The van der Waals surface area contributed by atoms with Gasteiger partial charge in [-0.25, -0.2) is 0 Å². The van der Waals surface area contributed by atoms with Crippen LogP contribution in [0.4, 0.5) is 5.69 Å². The number of amides is 1. The Kier molecular flexibility index (Phi) is 7.61. The summed E-state index contributed by atoms with van der Waals surface area (Å²) in [7, 11) is 0. The van der Waals surface area contributed by atoms with E-state index in [2.05, 4.69) is 5.32 Å². The Morgan fingerprint density at radius 1 is 0.963 bits per heavy atom. The number of ketones is 1. The summed E-state index contributed by atoms with van der Waals surface area (Å²) in [5.41, 5.74) is 1.04. The first-order chi connectivity index (χ1) is 12.9. The number of carbonyl (C=O) groups is 3. The van der Waals surface area contributed by atoms with Crippen molar-refractivity contribution >= 4 is 35.1 Å². The molecular weight excluding hydrogens is 362 g/mol. The maximum Gasteiger partial charge on any atom is 0.316 e. The third-order valence-electron chi connectivity index (χ3n) is 3.74. The zero-order valence-corrected chi connectivity index (χ0v) is 16.4. The number of rotatable bonds is 8. The van der Waals surface area contributed by atoms with Gasteiger partial charge in [0.25, 0.3) is 0 Å². The van der Waals surface area contributed by atoms with Gasteiger partial charge in [0.1, 0.15) is 0 Å². The number of esters is 1. The molecule has 0 bridgehead atoms. The van der Waals surface area contributed by atoms with Crippen LogP contribution in [-0.2, 0) is 14.3 Å². The highest BCUT2D eigenvalue weighted by Gasteiger charge is 2.19. The molecule has 5 nitrogen and oxygen atoms in total. The number of carbonyl (C=O) groups excluding carboxylic acids is 3. The number of hydrogen-bond donors (Lipinski definition) is 1. The van der Waals surface area contributed by atoms with Gasteiger partial charge in [0, 0.05) is 22.1 Å². The Morgan fingerprint density at radius 2 is 1.59 bits per heavy atom. The molecule has 2 rings (SSSR count). The van der Waals surface area contributed by atoms with Crippen molar-refractivity contribution in [1.29, 1.82) is 0 Å². The standard InChI is InChI=1S/C21H23NO4S/c1-14(2)21(25)22-17-11-9-16(10-12-17)20(24)15(3)26-19(23)13-27-18-7-5-4-6-8-18/h4-12,14-15H,13H2,1-3H3,(H,22,25). The highest BCUT2D eigenvalue weighted by molar-refractivity contribution is 8.00. The Bertz CT molecular complexity index is 788.